The van der Waals surface area contributed by atoms with Crippen molar-refractivity contribution in [3.05, 3.63) is 46.2 Å². The SMILES string of the molecule is COc1cc(/C=C/C(=O)NCC(O)c2cccs2)cc(OC)c1OC. The van der Waals surface area contributed by atoms with Gasteiger partial charge in [-0.1, -0.05) is 6.07 Å². The molecule has 1 amide bonds. The molecule has 2 N–H and O–H groups in total. The fourth-order valence-electron chi connectivity index (χ4n) is 2.21. The second kappa shape index (κ2) is 9.10. The Morgan fingerprint density at radius 2 is 1.92 bits per heavy atom. The molecule has 0 fully saturated rings. The molecule has 7 heteroatoms. The highest BCUT2D eigenvalue weighted by atomic mass is 32.1. The number of benzene rings is 1. The summed E-state index contributed by atoms with van der Waals surface area (Å²) in [7, 11) is 4.59. The molecule has 0 bridgehead atoms. The molecule has 0 radical (unpaired) electrons. The summed E-state index contributed by atoms with van der Waals surface area (Å²) in [6.07, 6.45) is 2.32. The van der Waals surface area contributed by atoms with Gasteiger partial charge in [-0.25, -0.2) is 0 Å². The highest BCUT2D eigenvalue weighted by Gasteiger charge is 2.12. The molecule has 134 valence electrons. The van der Waals surface area contributed by atoms with Crippen molar-refractivity contribution in [1.29, 1.82) is 0 Å². The molecule has 2 rings (SSSR count). The van der Waals surface area contributed by atoms with Crippen molar-refractivity contribution in [3.63, 3.8) is 0 Å². The number of carbonyl (C=O) groups excluding carboxylic acids is 1. The number of aliphatic hydroxyl groups excluding tert-OH is 1. The smallest absolute Gasteiger partial charge is 0.244 e. The maximum atomic E-state index is 11.9. The summed E-state index contributed by atoms with van der Waals surface area (Å²) in [5.41, 5.74) is 0.725. The Labute approximate surface area is 150 Å². The van der Waals surface area contributed by atoms with E-state index >= 15 is 0 Å². The Bertz CT molecular complexity index is 702. The number of amides is 1. The third-order valence-corrected chi connectivity index (χ3v) is 4.43. The van der Waals surface area contributed by atoms with Crippen LogP contribution in [0.1, 0.15) is 16.5 Å². The number of thiophene rings is 1. The number of aliphatic hydroxyl groups is 1. The molecule has 1 aromatic carbocycles. The van der Waals surface area contributed by atoms with E-state index in [0.29, 0.717) is 17.2 Å². The third-order valence-electron chi connectivity index (χ3n) is 3.46. The van der Waals surface area contributed by atoms with E-state index in [1.807, 2.05) is 17.5 Å². The van der Waals surface area contributed by atoms with Gasteiger partial charge in [-0.15, -0.1) is 11.3 Å². The van der Waals surface area contributed by atoms with Crippen LogP contribution >= 0.6 is 11.3 Å². The van der Waals surface area contributed by atoms with E-state index in [0.717, 1.165) is 10.4 Å². The van der Waals surface area contributed by atoms with Crippen LogP contribution in [0.3, 0.4) is 0 Å². The van der Waals surface area contributed by atoms with E-state index in [1.165, 1.54) is 38.7 Å². The van der Waals surface area contributed by atoms with Crippen LogP contribution in [-0.4, -0.2) is 38.9 Å². The summed E-state index contributed by atoms with van der Waals surface area (Å²) in [6, 6.07) is 7.17. The zero-order valence-corrected chi connectivity index (χ0v) is 15.1. The zero-order chi connectivity index (χ0) is 18.2. The topological polar surface area (TPSA) is 77.0 Å². The molecule has 25 heavy (non-hydrogen) atoms. The number of methoxy groups -OCH3 is 3. The first-order chi connectivity index (χ1) is 12.1. The first-order valence-electron chi connectivity index (χ1n) is 7.56. The van der Waals surface area contributed by atoms with Crippen LogP contribution in [0.2, 0.25) is 0 Å². The van der Waals surface area contributed by atoms with Crippen LogP contribution in [0.25, 0.3) is 6.08 Å². The molecule has 6 nitrogen and oxygen atoms in total. The van der Waals surface area contributed by atoms with Gasteiger partial charge >= 0.3 is 0 Å². The standard InChI is InChI=1S/C18H21NO5S/c1-22-14-9-12(10-15(23-2)18(14)24-3)6-7-17(21)19-11-13(20)16-5-4-8-25-16/h4-10,13,20H,11H2,1-3H3,(H,19,21)/b7-6+. The summed E-state index contributed by atoms with van der Waals surface area (Å²) in [5, 5.41) is 14.5. The van der Waals surface area contributed by atoms with Gasteiger partial charge in [0.25, 0.3) is 0 Å². The van der Waals surface area contributed by atoms with Crippen molar-refractivity contribution in [2.24, 2.45) is 0 Å². The fraction of sp³-hybridized carbons (Fsp3) is 0.278. The van der Waals surface area contributed by atoms with E-state index in [9.17, 15) is 9.90 Å². The summed E-state index contributed by atoms with van der Waals surface area (Å²) >= 11 is 1.45. The summed E-state index contributed by atoms with van der Waals surface area (Å²) in [5.74, 6) is 1.21. The van der Waals surface area contributed by atoms with Crippen LogP contribution < -0.4 is 19.5 Å². The van der Waals surface area contributed by atoms with E-state index in [1.54, 1.807) is 18.2 Å². The molecule has 0 spiro atoms. The maximum Gasteiger partial charge on any atom is 0.244 e. The summed E-state index contributed by atoms with van der Waals surface area (Å²) in [4.78, 5) is 12.7. The minimum atomic E-state index is -0.710. The van der Waals surface area contributed by atoms with Crippen molar-refractivity contribution >= 4 is 23.3 Å². The quantitative estimate of drug-likeness (QED) is 0.705. The van der Waals surface area contributed by atoms with Crippen molar-refractivity contribution < 1.29 is 24.1 Å². The normalized spacial score (nSPS) is 12.0. The van der Waals surface area contributed by atoms with Gasteiger partial charge in [0.1, 0.15) is 6.10 Å². The number of ether oxygens (including phenoxy) is 3. The molecule has 1 aromatic heterocycles. The number of hydrogen-bond acceptors (Lipinski definition) is 6. The van der Waals surface area contributed by atoms with Gasteiger partial charge in [0.15, 0.2) is 11.5 Å². The van der Waals surface area contributed by atoms with Gasteiger partial charge in [-0.2, -0.15) is 0 Å². The van der Waals surface area contributed by atoms with E-state index in [4.69, 9.17) is 14.2 Å². The number of hydrogen-bond donors (Lipinski definition) is 2. The molecule has 1 atom stereocenters. The maximum absolute atomic E-state index is 11.9. The number of rotatable bonds is 8. The van der Waals surface area contributed by atoms with E-state index < -0.39 is 6.10 Å². The van der Waals surface area contributed by atoms with Crippen molar-refractivity contribution in [1.82, 2.24) is 5.32 Å². The second-order valence-electron chi connectivity index (χ2n) is 5.07. The molecule has 0 aliphatic heterocycles. The monoisotopic (exact) mass is 363 g/mol. The third kappa shape index (κ3) is 4.98. The van der Waals surface area contributed by atoms with Gasteiger partial charge in [0, 0.05) is 17.5 Å². The average Bonchev–Trinajstić information content (AvgIpc) is 3.18. The molecular weight excluding hydrogens is 342 g/mol. The van der Waals surface area contributed by atoms with Crippen LogP contribution in [0, 0.1) is 0 Å². The average molecular weight is 363 g/mol. The van der Waals surface area contributed by atoms with E-state index in [-0.39, 0.29) is 12.5 Å². The van der Waals surface area contributed by atoms with Crippen LogP contribution in [-0.2, 0) is 4.79 Å². The highest BCUT2D eigenvalue weighted by molar-refractivity contribution is 7.10. The molecule has 2 aromatic rings. The molecule has 1 heterocycles. The largest absolute Gasteiger partial charge is 0.493 e. The number of carbonyl (C=O) groups is 1. The first kappa shape index (κ1) is 18.8. The molecular formula is C18H21NO5S. The highest BCUT2D eigenvalue weighted by Crippen LogP contribution is 2.38. The van der Waals surface area contributed by atoms with Gasteiger partial charge in [0.05, 0.1) is 21.3 Å². The Morgan fingerprint density at radius 3 is 2.44 bits per heavy atom. The number of nitrogens with one attached hydrogen (secondary N) is 1. The zero-order valence-electron chi connectivity index (χ0n) is 14.3. The Kier molecular flexibility index (Phi) is 6.85. The lowest BCUT2D eigenvalue weighted by molar-refractivity contribution is -0.116. The van der Waals surface area contributed by atoms with E-state index in [2.05, 4.69) is 5.32 Å². The minimum absolute atomic E-state index is 0.152. The lowest BCUT2D eigenvalue weighted by Gasteiger charge is -2.12. The second-order valence-corrected chi connectivity index (χ2v) is 6.05. The fourth-order valence-corrected chi connectivity index (χ4v) is 2.92. The van der Waals surface area contributed by atoms with Gasteiger partial charge in [-0.3, -0.25) is 4.79 Å². The molecule has 0 saturated heterocycles. The Morgan fingerprint density at radius 1 is 1.24 bits per heavy atom. The van der Waals surface area contributed by atoms with Crippen molar-refractivity contribution in [2.45, 2.75) is 6.10 Å². The lowest BCUT2D eigenvalue weighted by Crippen LogP contribution is -2.26. The summed E-state index contributed by atoms with van der Waals surface area (Å²) in [6.45, 7) is 0.152. The van der Waals surface area contributed by atoms with Crippen molar-refractivity contribution in [2.75, 3.05) is 27.9 Å². The van der Waals surface area contributed by atoms with Gasteiger partial charge < -0.3 is 24.6 Å². The Balaban J connectivity index is 2.01. The van der Waals surface area contributed by atoms with Crippen LogP contribution in [0.15, 0.2) is 35.7 Å². The lowest BCUT2D eigenvalue weighted by atomic mass is 10.1. The van der Waals surface area contributed by atoms with Crippen LogP contribution in [0.4, 0.5) is 0 Å². The predicted molar refractivity (Wildman–Crippen MR) is 97.4 cm³/mol. The minimum Gasteiger partial charge on any atom is -0.493 e. The molecule has 0 saturated carbocycles. The van der Waals surface area contributed by atoms with Crippen molar-refractivity contribution in [3.8, 4) is 17.2 Å². The van der Waals surface area contributed by atoms with Gasteiger partial charge in [0.2, 0.25) is 11.7 Å². The van der Waals surface area contributed by atoms with Gasteiger partial charge in [-0.05, 0) is 35.2 Å². The molecule has 0 aliphatic rings. The predicted octanol–water partition coefficient (Wildman–Crippen LogP) is 2.64. The first-order valence-corrected chi connectivity index (χ1v) is 8.44. The Hall–Kier alpha value is -2.51. The molecule has 1 unspecified atom stereocenters. The molecule has 0 aliphatic carbocycles. The van der Waals surface area contributed by atoms with Crippen LogP contribution in [0.5, 0.6) is 17.2 Å². The summed E-state index contributed by atoms with van der Waals surface area (Å²) < 4.78 is 15.8.